The maximum Gasteiger partial charge on any atom is 0.216 e. The first kappa shape index (κ1) is 18.7. The second-order valence-corrected chi connectivity index (χ2v) is 7.37. The van der Waals surface area contributed by atoms with Crippen LogP contribution in [0.4, 0.5) is 5.69 Å². The molecule has 8 nitrogen and oxygen atoms in total. The number of aromatic nitrogens is 4. The van der Waals surface area contributed by atoms with E-state index in [-0.39, 0.29) is 17.7 Å². The Morgan fingerprint density at radius 2 is 2.14 bits per heavy atom. The first-order valence-electron chi connectivity index (χ1n) is 9.57. The number of amides is 1. The van der Waals surface area contributed by atoms with Crippen LogP contribution in [0.2, 0.25) is 0 Å². The molecule has 3 aromatic rings. The van der Waals surface area contributed by atoms with Gasteiger partial charge in [-0.3, -0.25) is 4.79 Å². The monoisotopic (exact) mass is 389 g/mol. The molecule has 0 aliphatic carbocycles. The molecular formula is C21H23N7O. The van der Waals surface area contributed by atoms with E-state index in [0.717, 1.165) is 30.2 Å². The van der Waals surface area contributed by atoms with Crippen molar-refractivity contribution >= 4 is 11.6 Å². The van der Waals surface area contributed by atoms with Gasteiger partial charge in [-0.25, -0.2) is 9.67 Å². The molecule has 148 valence electrons. The van der Waals surface area contributed by atoms with Crippen LogP contribution in [0.1, 0.15) is 24.1 Å². The highest BCUT2D eigenvalue weighted by atomic mass is 16.1. The maximum atomic E-state index is 11.5. The van der Waals surface area contributed by atoms with Crippen molar-refractivity contribution < 1.29 is 4.79 Å². The van der Waals surface area contributed by atoms with Crippen LogP contribution in [0, 0.1) is 17.2 Å². The Balaban J connectivity index is 1.69. The predicted molar refractivity (Wildman–Crippen MR) is 109 cm³/mol. The molecule has 3 heterocycles. The van der Waals surface area contributed by atoms with E-state index in [1.165, 1.54) is 6.92 Å². The molecule has 1 aliphatic heterocycles. The Kier molecular flexibility index (Phi) is 5.04. The number of nitrogens with zero attached hydrogens (tertiary/aromatic N) is 6. The lowest BCUT2D eigenvalue weighted by molar-refractivity contribution is -0.119. The highest BCUT2D eigenvalue weighted by Crippen LogP contribution is 2.37. The van der Waals surface area contributed by atoms with E-state index < -0.39 is 0 Å². The second-order valence-electron chi connectivity index (χ2n) is 7.37. The van der Waals surface area contributed by atoms with Crippen molar-refractivity contribution in [3.63, 3.8) is 0 Å². The fourth-order valence-electron chi connectivity index (χ4n) is 4.12. The summed E-state index contributed by atoms with van der Waals surface area (Å²) in [5.74, 6) is 0.383. The molecule has 1 N–H and O–H groups in total. The van der Waals surface area contributed by atoms with Gasteiger partial charge in [0.15, 0.2) is 0 Å². The van der Waals surface area contributed by atoms with Gasteiger partial charge in [0.1, 0.15) is 11.6 Å². The highest BCUT2D eigenvalue weighted by molar-refractivity contribution is 5.73. The Hall–Kier alpha value is -3.60. The third kappa shape index (κ3) is 3.59. The summed E-state index contributed by atoms with van der Waals surface area (Å²) in [7, 11) is 1.99. The first-order chi connectivity index (χ1) is 14.1. The molecule has 0 bridgehead atoms. The Labute approximate surface area is 169 Å². The smallest absolute Gasteiger partial charge is 0.216 e. The molecule has 0 spiro atoms. The van der Waals surface area contributed by atoms with Gasteiger partial charge in [-0.05, 0) is 18.2 Å². The van der Waals surface area contributed by atoms with Crippen LogP contribution >= 0.6 is 0 Å². The third-order valence-corrected chi connectivity index (χ3v) is 5.51. The van der Waals surface area contributed by atoms with E-state index >= 15 is 0 Å². The summed E-state index contributed by atoms with van der Waals surface area (Å²) < 4.78 is 3.74. The lowest BCUT2D eigenvalue weighted by Gasteiger charge is -2.21. The fraction of sp³-hybridized carbons (Fsp3) is 0.333. The van der Waals surface area contributed by atoms with E-state index in [2.05, 4.69) is 26.4 Å². The zero-order chi connectivity index (χ0) is 20.4. The number of nitrogens with one attached hydrogen (secondary N) is 1. The van der Waals surface area contributed by atoms with Crippen LogP contribution in [0.3, 0.4) is 0 Å². The van der Waals surface area contributed by atoms with Crippen molar-refractivity contribution in [1.82, 2.24) is 24.6 Å². The van der Waals surface area contributed by atoms with Crippen molar-refractivity contribution in [3.05, 3.63) is 60.4 Å². The van der Waals surface area contributed by atoms with Gasteiger partial charge in [-0.15, -0.1) is 0 Å². The molecule has 1 saturated heterocycles. The largest absolute Gasteiger partial charge is 0.369 e. The van der Waals surface area contributed by atoms with E-state index in [9.17, 15) is 10.1 Å². The summed E-state index contributed by atoms with van der Waals surface area (Å²) in [4.78, 5) is 18.0. The van der Waals surface area contributed by atoms with Crippen LogP contribution in [-0.2, 0) is 11.8 Å². The van der Waals surface area contributed by atoms with Crippen molar-refractivity contribution in [3.8, 4) is 11.8 Å². The summed E-state index contributed by atoms with van der Waals surface area (Å²) in [6, 6.07) is 10.0. The zero-order valence-corrected chi connectivity index (χ0v) is 16.5. The number of anilines is 1. The Bertz CT molecular complexity index is 1050. The summed E-state index contributed by atoms with van der Waals surface area (Å²) in [6.45, 7) is 3.62. The topological polar surface area (TPSA) is 91.8 Å². The molecule has 1 fully saturated rings. The van der Waals surface area contributed by atoms with Crippen LogP contribution in [0.25, 0.3) is 5.69 Å². The maximum absolute atomic E-state index is 11.5. The fourth-order valence-corrected chi connectivity index (χ4v) is 4.12. The molecule has 1 amide bonds. The minimum atomic E-state index is -0.0365. The van der Waals surface area contributed by atoms with E-state index in [4.69, 9.17) is 0 Å². The number of hydrogen-bond acceptors (Lipinski definition) is 5. The molecule has 2 aromatic heterocycles. The molecule has 2 atom stereocenters. The Morgan fingerprint density at radius 3 is 2.79 bits per heavy atom. The molecule has 0 unspecified atom stereocenters. The van der Waals surface area contributed by atoms with Gasteiger partial charge in [0.25, 0.3) is 0 Å². The van der Waals surface area contributed by atoms with Crippen LogP contribution < -0.4 is 10.2 Å². The van der Waals surface area contributed by atoms with Gasteiger partial charge in [0.2, 0.25) is 5.91 Å². The third-order valence-electron chi connectivity index (χ3n) is 5.51. The number of imidazole rings is 1. The van der Waals surface area contributed by atoms with Gasteiger partial charge in [0, 0.05) is 69.7 Å². The number of benzene rings is 1. The second kappa shape index (κ2) is 7.80. The summed E-state index contributed by atoms with van der Waals surface area (Å²) in [6.07, 6.45) is 7.22. The van der Waals surface area contributed by atoms with Crippen molar-refractivity contribution in [2.75, 3.05) is 24.5 Å². The molecule has 0 radical (unpaired) electrons. The van der Waals surface area contributed by atoms with E-state index in [1.54, 1.807) is 17.2 Å². The van der Waals surface area contributed by atoms with Gasteiger partial charge >= 0.3 is 0 Å². The molecule has 1 aromatic carbocycles. The lowest BCUT2D eigenvalue weighted by atomic mass is 9.93. The number of nitriles is 1. The van der Waals surface area contributed by atoms with Gasteiger partial charge in [0.05, 0.1) is 17.7 Å². The van der Waals surface area contributed by atoms with Crippen LogP contribution in [-0.4, -0.2) is 44.9 Å². The number of carbonyl (C=O) groups is 1. The molecule has 29 heavy (non-hydrogen) atoms. The van der Waals surface area contributed by atoms with Crippen molar-refractivity contribution in [2.45, 2.75) is 12.8 Å². The Morgan fingerprint density at radius 1 is 1.31 bits per heavy atom. The quantitative estimate of drug-likeness (QED) is 0.719. The standard InChI is InChI=1S/C21H23N7O/c1-15(29)24-10-16-12-27(13-18(16)21-11-23-14-26(21)2)19-5-3-6-20(17(19)9-22)28-8-4-7-25-28/h3-8,11,14,16,18H,10,12-13H2,1-2H3,(H,24,29)/t16-,18-/m1/s1. The average Bonchev–Trinajstić information content (AvgIpc) is 3.46. The van der Waals surface area contributed by atoms with E-state index in [0.29, 0.717) is 12.1 Å². The van der Waals surface area contributed by atoms with Crippen molar-refractivity contribution in [2.24, 2.45) is 13.0 Å². The average molecular weight is 389 g/mol. The van der Waals surface area contributed by atoms with Crippen LogP contribution in [0.15, 0.2) is 49.2 Å². The number of rotatable bonds is 5. The summed E-state index contributed by atoms with van der Waals surface area (Å²) in [5, 5.41) is 17.1. The van der Waals surface area contributed by atoms with Gasteiger partial charge in [-0.1, -0.05) is 6.07 Å². The molecule has 1 aliphatic rings. The highest BCUT2D eigenvalue weighted by Gasteiger charge is 2.36. The molecule has 4 rings (SSSR count). The summed E-state index contributed by atoms with van der Waals surface area (Å²) in [5.41, 5.74) is 3.38. The van der Waals surface area contributed by atoms with Gasteiger partial charge in [-0.2, -0.15) is 10.4 Å². The van der Waals surface area contributed by atoms with Crippen LogP contribution in [0.5, 0.6) is 0 Å². The minimum absolute atomic E-state index is 0.0365. The van der Waals surface area contributed by atoms with Crippen molar-refractivity contribution in [1.29, 1.82) is 5.26 Å². The normalized spacial score (nSPS) is 18.6. The summed E-state index contributed by atoms with van der Waals surface area (Å²) >= 11 is 0. The molecule has 8 heteroatoms. The SMILES string of the molecule is CC(=O)NC[C@@H]1CN(c2cccc(-n3cccn3)c2C#N)C[C@H]1c1cncn1C. The van der Waals surface area contributed by atoms with Gasteiger partial charge < -0.3 is 14.8 Å². The predicted octanol–water partition coefficient (Wildman–Crippen LogP) is 1.83. The number of hydrogen-bond donors (Lipinski definition) is 1. The molecular weight excluding hydrogens is 366 g/mol. The van der Waals surface area contributed by atoms with E-state index in [1.807, 2.05) is 48.3 Å². The minimum Gasteiger partial charge on any atom is -0.369 e. The lowest BCUT2D eigenvalue weighted by Crippen LogP contribution is -2.31. The number of carbonyl (C=O) groups excluding carboxylic acids is 1. The zero-order valence-electron chi connectivity index (χ0n) is 16.5. The number of aryl methyl sites for hydroxylation is 1. The molecule has 0 saturated carbocycles. The first-order valence-corrected chi connectivity index (χ1v) is 9.57.